The number of hydrogen-bond donors (Lipinski definition) is 2. The van der Waals surface area contributed by atoms with Crippen molar-refractivity contribution in [3.05, 3.63) is 35.8 Å². The van der Waals surface area contributed by atoms with Crippen molar-refractivity contribution in [2.75, 3.05) is 19.8 Å². The quantitative estimate of drug-likeness (QED) is 0.817. The number of pyridine rings is 1. The summed E-state index contributed by atoms with van der Waals surface area (Å²) in [6.07, 6.45) is 2.96. The van der Waals surface area contributed by atoms with Crippen LogP contribution in [0.5, 0.6) is 0 Å². The summed E-state index contributed by atoms with van der Waals surface area (Å²) in [7, 11) is 0. The lowest BCUT2D eigenvalue weighted by molar-refractivity contribution is -0.206. The molecular formula is C13H14N2O5. The van der Waals surface area contributed by atoms with Crippen molar-refractivity contribution in [2.45, 2.75) is 12.2 Å². The van der Waals surface area contributed by atoms with Gasteiger partial charge in [0.15, 0.2) is 5.69 Å². The summed E-state index contributed by atoms with van der Waals surface area (Å²) >= 11 is 0. The molecule has 20 heavy (non-hydrogen) atoms. The molecule has 2 aromatic rings. The van der Waals surface area contributed by atoms with Gasteiger partial charge in [-0.15, -0.1) is 0 Å². The predicted octanol–water partition coefficient (Wildman–Crippen LogP) is 0.310. The molecule has 0 atom stereocenters. The molecule has 0 spiro atoms. The molecule has 0 aliphatic carbocycles. The number of imidazole rings is 1. The highest BCUT2D eigenvalue weighted by atomic mass is 16.6. The average Bonchev–Trinajstić information content (AvgIpc) is 2.80. The Morgan fingerprint density at radius 3 is 3.00 bits per heavy atom. The van der Waals surface area contributed by atoms with Gasteiger partial charge < -0.3 is 19.7 Å². The third-order valence-electron chi connectivity index (χ3n) is 3.18. The van der Waals surface area contributed by atoms with Crippen LogP contribution in [0.25, 0.3) is 5.65 Å². The lowest BCUT2D eigenvalue weighted by Crippen LogP contribution is -2.53. The van der Waals surface area contributed by atoms with E-state index in [4.69, 9.17) is 14.6 Å². The number of fused-ring (bicyclic) bond motifs is 1. The minimum absolute atomic E-state index is 0.119. The molecule has 2 N–H and O–H groups in total. The average molecular weight is 278 g/mol. The second-order valence-electron chi connectivity index (χ2n) is 4.92. The van der Waals surface area contributed by atoms with Gasteiger partial charge in [-0.3, -0.25) is 4.40 Å². The maximum atomic E-state index is 11.0. The van der Waals surface area contributed by atoms with E-state index in [0.717, 1.165) is 5.56 Å². The summed E-state index contributed by atoms with van der Waals surface area (Å²) in [5.74, 6) is -1.02. The molecule has 7 nitrogen and oxygen atoms in total. The van der Waals surface area contributed by atoms with Crippen LogP contribution in [0.4, 0.5) is 0 Å². The molecule has 106 valence electrons. The van der Waals surface area contributed by atoms with Crippen LogP contribution in [-0.4, -0.2) is 51.0 Å². The van der Waals surface area contributed by atoms with Gasteiger partial charge in [-0.25, -0.2) is 9.78 Å². The van der Waals surface area contributed by atoms with Gasteiger partial charge in [0.25, 0.3) is 0 Å². The highest BCUT2D eigenvalue weighted by molar-refractivity contribution is 5.86. The van der Waals surface area contributed by atoms with Crippen molar-refractivity contribution in [1.29, 1.82) is 0 Å². The van der Waals surface area contributed by atoms with E-state index in [2.05, 4.69) is 4.98 Å². The first kappa shape index (κ1) is 13.0. The largest absolute Gasteiger partial charge is 0.477 e. The van der Waals surface area contributed by atoms with E-state index in [1.54, 1.807) is 18.3 Å². The number of carboxylic acids is 1. The minimum atomic E-state index is -1.02. The van der Waals surface area contributed by atoms with E-state index < -0.39 is 11.6 Å². The molecule has 1 saturated heterocycles. The Morgan fingerprint density at radius 1 is 1.55 bits per heavy atom. The number of aliphatic hydroxyl groups is 1. The van der Waals surface area contributed by atoms with Crippen LogP contribution >= 0.6 is 0 Å². The monoisotopic (exact) mass is 278 g/mol. The molecule has 0 saturated carbocycles. The molecule has 0 radical (unpaired) electrons. The van der Waals surface area contributed by atoms with Gasteiger partial charge in [-0.2, -0.15) is 0 Å². The third-order valence-corrected chi connectivity index (χ3v) is 3.18. The maximum Gasteiger partial charge on any atom is 0.354 e. The molecule has 0 aromatic carbocycles. The first-order chi connectivity index (χ1) is 9.57. The summed E-state index contributed by atoms with van der Waals surface area (Å²) in [5.41, 5.74) is 0.667. The number of aromatic nitrogens is 2. The fourth-order valence-electron chi connectivity index (χ4n) is 2.05. The number of aromatic carboxylic acids is 1. The van der Waals surface area contributed by atoms with Crippen molar-refractivity contribution < 1.29 is 24.5 Å². The Hall–Kier alpha value is -1.96. The highest BCUT2D eigenvalue weighted by Gasteiger charge is 2.36. The summed E-state index contributed by atoms with van der Waals surface area (Å²) in [6.45, 7) is 1.14. The van der Waals surface area contributed by atoms with Crippen molar-refractivity contribution >= 4 is 11.6 Å². The lowest BCUT2D eigenvalue weighted by atomic mass is 10.0. The SMILES string of the molecule is O=C(O)c1cnc2cc(COCC3(O)COC3)ccn12. The highest BCUT2D eigenvalue weighted by Crippen LogP contribution is 2.17. The molecule has 1 aliphatic heterocycles. The number of carboxylic acid groups (broad SMARTS) is 1. The van der Waals surface area contributed by atoms with Crippen LogP contribution < -0.4 is 0 Å². The van der Waals surface area contributed by atoms with Crippen LogP contribution in [0.1, 0.15) is 16.1 Å². The van der Waals surface area contributed by atoms with Crippen LogP contribution in [-0.2, 0) is 16.1 Å². The van der Waals surface area contributed by atoms with E-state index >= 15 is 0 Å². The summed E-state index contributed by atoms with van der Waals surface area (Å²) in [6, 6.07) is 3.52. The Kier molecular flexibility index (Phi) is 3.17. The van der Waals surface area contributed by atoms with Gasteiger partial charge >= 0.3 is 5.97 Å². The second-order valence-corrected chi connectivity index (χ2v) is 4.92. The van der Waals surface area contributed by atoms with Gasteiger partial charge in [0, 0.05) is 6.20 Å². The molecule has 7 heteroatoms. The zero-order chi connectivity index (χ0) is 14.2. The summed E-state index contributed by atoms with van der Waals surface area (Å²) in [5, 5.41) is 18.8. The summed E-state index contributed by atoms with van der Waals surface area (Å²) < 4.78 is 11.9. The molecular weight excluding hydrogens is 264 g/mol. The fourth-order valence-corrected chi connectivity index (χ4v) is 2.05. The van der Waals surface area contributed by atoms with Crippen molar-refractivity contribution in [3.8, 4) is 0 Å². The fraction of sp³-hybridized carbons (Fsp3) is 0.385. The number of hydrogen-bond acceptors (Lipinski definition) is 5. The smallest absolute Gasteiger partial charge is 0.354 e. The Bertz CT molecular complexity index is 647. The molecule has 1 aliphatic rings. The van der Waals surface area contributed by atoms with E-state index in [9.17, 15) is 9.90 Å². The van der Waals surface area contributed by atoms with Gasteiger partial charge in [0.05, 0.1) is 32.6 Å². The van der Waals surface area contributed by atoms with Gasteiger partial charge in [-0.05, 0) is 17.7 Å². The number of ether oxygens (including phenoxy) is 2. The van der Waals surface area contributed by atoms with E-state index in [-0.39, 0.29) is 12.3 Å². The van der Waals surface area contributed by atoms with Crippen molar-refractivity contribution in [2.24, 2.45) is 0 Å². The number of nitrogens with zero attached hydrogens (tertiary/aromatic N) is 2. The van der Waals surface area contributed by atoms with Crippen molar-refractivity contribution in [3.63, 3.8) is 0 Å². The zero-order valence-electron chi connectivity index (χ0n) is 10.7. The molecule has 1 fully saturated rings. The number of rotatable bonds is 5. The van der Waals surface area contributed by atoms with Crippen LogP contribution in [0.3, 0.4) is 0 Å². The Labute approximate surface area is 114 Å². The van der Waals surface area contributed by atoms with Gasteiger partial charge in [-0.1, -0.05) is 0 Å². The normalized spacial score (nSPS) is 17.1. The van der Waals surface area contributed by atoms with Gasteiger partial charge in [0.2, 0.25) is 0 Å². The standard InChI is InChI=1S/C13H14N2O5/c16-12(17)10-4-14-11-3-9(1-2-15(10)11)5-19-6-13(18)7-20-8-13/h1-4,18H,5-8H2,(H,16,17). The zero-order valence-corrected chi connectivity index (χ0v) is 10.7. The second kappa shape index (κ2) is 4.86. The topological polar surface area (TPSA) is 93.3 Å². The Balaban J connectivity index is 1.68. The van der Waals surface area contributed by atoms with E-state index in [0.29, 0.717) is 25.5 Å². The molecule has 0 unspecified atom stereocenters. The molecule has 0 amide bonds. The molecule has 3 heterocycles. The molecule has 2 aromatic heterocycles. The first-order valence-corrected chi connectivity index (χ1v) is 6.15. The van der Waals surface area contributed by atoms with Crippen LogP contribution in [0.2, 0.25) is 0 Å². The third kappa shape index (κ3) is 2.38. The molecule has 0 bridgehead atoms. The maximum absolute atomic E-state index is 11.0. The summed E-state index contributed by atoms with van der Waals surface area (Å²) in [4.78, 5) is 15.0. The van der Waals surface area contributed by atoms with E-state index in [1.807, 2.05) is 0 Å². The molecule has 3 rings (SSSR count). The predicted molar refractivity (Wildman–Crippen MR) is 67.6 cm³/mol. The van der Waals surface area contributed by atoms with Crippen LogP contribution in [0.15, 0.2) is 24.5 Å². The van der Waals surface area contributed by atoms with E-state index in [1.165, 1.54) is 10.6 Å². The first-order valence-electron chi connectivity index (χ1n) is 6.15. The Morgan fingerprint density at radius 2 is 2.35 bits per heavy atom. The van der Waals surface area contributed by atoms with Gasteiger partial charge in [0.1, 0.15) is 11.2 Å². The number of carbonyl (C=O) groups is 1. The lowest BCUT2D eigenvalue weighted by Gasteiger charge is -2.35. The minimum Gasteiger partial charge on any atom is -0.477 e. The van der Waals surface area contributed by atoms with Crippen molar-refractivity contribution in [1.82, 2.24) is 9.38 Å². The van der Waals surface area contributed by atoms with Crippen LogP contribution in [0, 0.1) is 0 Å².